The number of rotatable bonds is 6. The molecule has 0 saturated carbocycles. The Balaban J connectivity index is 1.58. The second-order valence-corrected chi connectivity index (χ2v) is 8.23. The second kappa shape index (κ2) is 8.98. The molecule has 29 heavy (non-hydrogen) atoms. The van der Waals surface area contributed by atoms with E-state index in [1.54, 1.807) is 11.0 Å². The molecule has 4 rings (SSSR count). The molecule has 0 unspecified atom stereocenters. The molecule has 0 aliphatic carbocycles. The molecular formula is C22H24FN3O2S. The number of aromatic nitrogens is 1. The van der Waals surface area contributed by atoms with Crippen LogP contribution in [0.4, 0.5) is 9.52 Å². The van der Waals surface area contributed by atoms with E-state index >= 15 is 0 Å². The van der Waals surface area contributed by atoms with Crippen LogP contribution >= 0.6 is 11.3 Å². The maximum absolute atomic E-state index is 14.2. The molecule has 152 valence electrons. The van der Waals surface area contributed by atoms with Crippen molar-refractivity contribution in [3.8, 4) is 0 Å². The highest BCUT2D eigenvalue weighted by molar-refractivity contribution is 7.22. The van der Waals surface area contributed by atoms with E-state index in [0.717, 1.165) is 49.5 Å². The van der Waals surface area contributed by atoms with Crippen LogP contribution in [0.1, 0.15) is 22.3 Å². The molecule has 1 amide bonds. The van der Waals surface area contributed by atoms with Crippen molar-refractivity contribution in [2.24, 2.45) is 0 Å². The predicted molar refractivity (Wildman–Crippen MR) is 114 cm³/mol. The van der Waals surface area contributed by atoms with Crippen LogP contribution in [0.5, 0.6) is 0 Å². The number of carbonyl (C=O) groups excluding carboxylic acids is 1. The van der Waals surface area contributed by atoms with Gasteiger partial charge >= 0.3 is 0 Å². The summed E-state index contributed by atoms with van der Waals surface area (Å²) < 4.78 is 20.3. The summed E-state index contributed by atoms with van der Waals surface area (Å²) in [5.41, 5.74) is 1.97. The van der Waals surface area contributed by atoms with E-state index in [-0.39, 0.29) is 11.7 Å². The summed E-state index contributed by atoms with van der Waals surface area (Å²) in [6.07, 6.45) is 0.815. The Morgan fingerprint density at radius 2 is 2.03 bits per heavy atom. The number of thiazole rings is 1. The van der Waals surface area contributed by atoms with E-state index in [1.165, 1.54) is 17.4 Å². The van der Waals surface area contributed by atoms with Crippen molar-refractivity contribution in [2.75, 3.05) is 44.3 Å². The van der Waals surface area contributed by atoms with E-state index in [2.05, 4.69) is 9.88 Å². The standard InChI is InChI=1S/C22H24FN3O2S/c1-16-5-2-6-17(15-16)21(27)26(10-4-9-25-11-13-28-14-12-25)22-24-20-18(23)7-3-8-19(20)29-22/h2-3,5-8,15H,4,9-14H2,1H3. The zero-order valence-corrected chi connectivity index (χ0v) is 17.3. The van der Waals surface area contributed by atoms with Crippen molar-refractivity contribution in [3.05, 3.63) is 59.4 Å². The molecule has 1 saturated heterocycles. The van der Waals surface area contributed by atoms with Gasteiger partial charge in [-0.15, -0.1) is 0 Å². The van der Waals surface area contributed by atoms with Gasteiger partial charge in [0.25, 0.3) is 5.91 Å². The summed E-state index contributed by atoms with van der Waals surface area (Å²) in [6.45, 7) is 6.72. The van der Waals surface area contributed by atoms with Gasteiger partial charge in [0.15, 0.2) is 5.13 Å². The number of halogens is 1. The molecule has 1 aliphatic heterocycles. The molecular weight excluding hydrogens is 389 g/mol. The molecule has 3 aromatic rings. The number of aryl methyl sites for hydroxylation is 1. The lowest BCUT2D eigenvalue weighted by atomic mass is 10.1. The van der Waals surface area contributed by atoms with E-state index in [9.17, 15) is 9.18 Å². The first-order chi connectivity index (χ1) is 14.1. The SMILES string of the molecule is Cc1cccc(C(=O)N(CCCN2CCOCC2)c2nc3c(F)cccc3s2)c1. The zero-order chi connectivity index (χ0) is 20.2. The smallest absolute Gasteiger partial charge is 0.260 e. The largest absolute Gasteiger partial charge is 0.379 e. The summed E-state index contributed by atoms with van der Waals surface area (Å²) in [5, 5.41) is 0.540. The third kappa shape index (κ3) is 4.63. The van der Waals surface area contributed by atoms with Gasteiger partial charge in [0, 0.05) is 31.7 Å². The Morgan fingerprint density at radius 1 is 1.24 bits per heavy atom. The Hall–Kier alpha value is -2.35. The number of amides is 1. The number of fused-ring (bicyclic) bond motifs is 1. The van der Waals surface area contributed by atoms with Crippen molar-refractivity contribution in [1.29, 1.82) is 0 Å². The second-order valence-electron chi connectivity index (χ2n) is 7.22. The first-order valence-corrected chi connectivity index (χ1v) is 10.7. The van der Waals surface area contributed by atoms with Gasteiger partial charge in [-0.2, -0.15) is 0 Å². The lowest BCUT2D eigenvalue weighted by Gasteiger charge is -2.27. The number of hydrogen-bond donors (Lipinski definition) is 0. The minimum atomic E-state index is -0.360. The average Bonchev–Trinajstić information content (AvgIpc) is 3.17. The van der Waals surface area contributed by atoms with Crippen LogP contribution in [-0.2, 0) is 4.74 Å². The van der Waals surface area contributed by atoms with Crippen LogP contribution in [0.15, 0.2) is 42.5 Å². The highest BCUT2D eigenvalue weighted by Gasteiger charge is 2.22. The molecule has 7 heteroatoms. The monoisotopic (exact) mass is 413 g/mol. The lowest BCUT2D eigenvalue weighted by molar-refractivity contribution is 0.0376. The van der Waals surface area contributed by atoms with E-state index in [0.29, 0.717) is 22.8 Å². The highest BCUT2D eigenvalue weighted by Crippen LogP contribution is 2.31. The van der Waals surface area contributed by atoms with Gasteiger partial charge in [0.1, 0.15) is 11.3 Å². The number of para-hydroxylation sites is 1. The number of benzene rings is 2. The van der Waals surface area contributed by atoms with Crippen molar-refractivity contribution < 1.29 is 13.9 Å². The first kappa shape index (κ1) is 19.9. The molecule has 0 radical (unpaired) electrons. The molecule has 2 heterocycles. The van der Waals surface area contributed by atoms with Gasteiger partial charge in [0.05, 0.1) is 17.9 Å². The Kier molecular flexibility index (Phi) is 6.18. The Labute approximate surface area is 173 Å². The van der Waals surface area contributed by atoms with Crippen molar-refractivity contribution in [2.45, 2.75) is 13.3 Å². The van der Waals surface area contributed by atoms with Crippen LogP contribution in [0.3, 0.4) is 0 Å². The normalized spacial score (nSPS) is 15.0. The quantitative estimate of drug-likeness (QED) is 0.610. The molecule has 0 N–H and O–H groups in total. The van der Waals surface area contributed by atoms with E-state index in [1.807, 2.05) is 37.3 Å². The van der Waals surface area contributed by atoms with Gasteiger partial charge in [-0.1, -0.05) is 35.1 Å². The van der Waals surface area contributed by atoms with Crippen molar-refractivity contribution in [1.82, 2.24) is 9.88 Å². The minimum absolute atomic E-state index is 0.102. The fourth-order valence-electron chi connectivity index (χ4n) is 3.51. The summed E-state index contributed by atoms with van der Waals surface area (Å²) in [7, 11) is 0. The third-order valence-electron chi connectivity index (χ3n) is 5.06. The number of nitrogens with zero attached hydrogens (tertiary/aromatic N) is 3. The van der Waals surface area contributed by atoms with Gasteiger partial charge < -0.3 is 4.74 Å². The van der Waals surface area contributed by atoms with Crippen molar-refractivity contribution in [3.63, 3.8) is 0 Å². The first-order valence-electron chi connectivity index (χ1n) is 9.85. The average molecular weight is 414 g/mol. The number of ether oxygens (including phenoxy) is 1. The molecule has 0 bridgehead atoms. The lowest BCUT2D eigenvalue weighted by Crippen LogP contribution is -2.39. The highest BCUT2D eigenvalue weighted by atomic mass is 32.1. The molecule has 2 aromatic carbocycles. The predicted octanol–water partition coefficient (Wildman–Crippen LogP) is 4.11. The zero-order valence-electron chi connectivity index (χ0n) is 16.4. The number of hydrogen-bond acceptors (Lipinski definition) is 5. The number of morpholine rings is 1. The number of carbonyl (C=O) groups is 1. The van der Waals surface area contributed by atoms with Crippen LogP contribution in [-0.4, -0.2) is 55.2 Å². The van der Waals surface area contributed by atoms with Gasteiger partial charge in [-0.25, -0.2) is 9.37 Å². The van der Waals surface area contributed by atoms with E-state index in [4.69, 9.17) is 4.74 Å². The minimum Gasteiger partial charge on any atom is -0.379 e. The van der Waals surface area contributed by atoms with Crippen molar-refractivity contribution >= 4 is 32.6 Å². The summed E-state index contributed by atoms with van der Waals surface area (Å²) in [4.78, 5) is 21.8. The Bertz CT molecular complexity index is 1000. The van der Waals surface area contributed by atoms with Gasteiger partial charge in [0.2, 0.25) is 0 Å². The molecule has 1 aromatic heterocycles. The molecule has 1 aliphatic rings. The van der Waals surface area contributed by atoms with Crippen LogP contribution in [0, 0.1) is 12.7 Å². The summed E-state index contributed by atoms with van der Waals surface area (Å²) in [5.74, 6) is -0.462. The fourth-order valence-corrected chi connectivity index (χ4v) is 4.52. The maximum atomic E-state index is 14.2. The fraction of sp³-hybridized carbons (Fsp3) is 0.364. The maximum Gasteiger partial charge on any atom is 0.260 e. The van der Waals surface area contributed by atoms with Gasteiger partial charge in [-0.05, 0) is 37.6 Å². The van der Waals surface area contributed by atoms with Crippen LogP contribution in [0.25, 0.3) is 10.2 Å². The molecule has 0 atom stereocenters. The summed E-state index contributed by atoms with van der Waals surface area (Å²) in [6, 6.07) is 12.5. The Morgan fingerprint density at radius 3 is 2.79 bits per heavy atom. The molecule has 1 fully saturated rings. The summed E-state index contributed by atoms with van der Waals surface area (Å²) >= 11 is 1.35. The van der Waals surface area contributed by atoms with Crippen LogP contribution in [0.2, 0.25) is 0 Å². The third-order valence-corrected chi connectivity index (χ3v) is 6.10. The van der Waals surface area contributed by atoms with Gasteiger partial charge in [-0.3, -0.25) is 14.6 Å². The van der Waals surface area contributed by atoms with Crippen LogP contribution < -0.4 is 4.90 Å². The molecule has 5 nitrogen and oxygen atoms in total. The van der Waals surface area contributed by atoms with E-state index < -0.39 is 0 Å². The number of anilines is 1. The topological polar surface area (TPSA) is 45.7 Å². The molecule has 0 spiro atoms.